The molecule has 0 aliphatic carbocycles. The van der Waals surface area contributed by atoms with Gasteiger partial charge in [-0.15, -0.1) is 0 Å². The van der Waals surface area contributed by atoms with Gasteiger partial charge in [0.15, 0.2) is 5.69 Å². The summed E-state index contributed by atoms with van der Waals surface area (Å²) < 4.78 is 10.4. The highest BCUT2D eigenvalue weighted by Gasteiger charge is 2.16. The molecule has 3 rings (SSSR count). The van der Waals surface area contributed by atoms with Crippen molar-refractivity contribution in [1.82, 2.24) is 10.3 Å². The highest BCUT2D eigenvalue weighted by Crippen LogP contribution is 2.27. The summed E-state index contributed by atoms with van der Waals surface area (Å²) in [5.41, 5.74) is 2.80. The number of carbonyl (C=O) groups is 1. The molecule has 2 aromatic carbocycles. The van der Waals surface area contributed by atoms with Crippen molar-refractivity contribution in [3.8, 4) is 17.0 Å². The lowest BCUT2D eigenvalue weighted by atomic mass is 10.1. The van der Waals surface area contributed by atoms with Gasteiger partial charge >= 0.3 is 0 Å². The first kappa shape index (κ1) is 16.7. The summed E-state index contributed by atoms with van der Waals surface area (Å²) in [4.78, 5) is 12.4. The average Bonchev–Trinajstić information content (AvgIpc) is 3.03. The molecule has 6 nitrogen and oxygen atoms in total. The quantitative estimate of drug-likeness (QED) is 0.759. The van der Waals surface area contributed by atoms with Gasteiger partial charge < -0.3 is 10.1 Å². The van der Waals surface area contributed by atoms with Crippen LogP contribution in [0.2, 0.25) is 0 Å². The predicted molar refractivity (Wildman–Crippen MR) is 94.6 cm³/mol. The number of carbonyl (C=O) groups excluding carboxylic acids is 1. The van der Waals surface area contributed by atoms with Crippen LogP contribution in [0.4, 0.5) is 5.82 Å². The summed E-state index contributed by atoms with van der Waals surface area (Å²) >= 11 is 0. The Labute approximate surface area is 145 Å². The molecular weight excluding hydrogens is 318 g/mol. The molecule has 6 heteroatoms. The van der Waals surface area contributed by atoms with Crippen LogP contribution in [-0.4, -0.2) is 22.3 Å². The van der Waals surface area contributed by atoms with E-state index >= 15 is 0 Å². The van der Waals surface area contributed by atoms with Crippen LogP contribution in [0.15, 0.2) is 53.2 Å². The van der Waals surface area contributed by atoms with E-state index in [9.17, 15) is 4.79 Å². The molecule has 128 valence electrons. The summed E-state index contributed by atoms with van der Waals surface area (Å²) in [5, 5.41) is 10.4. The van der Waals surface area contributed by atoms with Crippen LogP contribution in [0.25, 0.3) is 11.3 Å². The third-order valence-electron chi connectivity index (χ3n) is 3.50. The number of nitrogens with one attached hydrogen (secondary N) is 1. The topological polar surface area (TPSA) is 77.3 Å². The Bertz CT molecular complexity index is 870. The standard InChI is InChI=1S/C19H19N3O3/c1-12(2)24-16-9-7-14(8-10-16)17-18(22-25-21-17)20-19(23)15-6-4-5-13(3)11-15/h4-12H,1-3H3,(H,20,22,23). The Morgan fingerprint density at radius 3 is 2.56 bits per heavy atom. The summed E-state index contributed by atoms with van der Waals surface area (Å²) in [6.45, 7) is 5.86. The summed E-state index contributed by atoms with van der Waals surface area (Å²) in [6.07, 6.45) is 0.101. The molecule has 1 heterocycles. The van der Waals surface area contributed by atoms with E-state index in [0.29, 0.717) is 11.3 Å². The number of benzene rings is 2. The molecule has 0 bridgehead atoms. The summed E-state index contributed by atoms with van der Waals surface area (Å²) in [5.74, 6) is 0.782. The van der Waals surface area contributed by atoms with Crippen molar-refractivity contribution in [2.75, 3.05) is 5.32 Å². The van der Waals surface area contributed by atoms with E-state index in [0.717, 1.165) is 16.9 Å². The van der Waals surface area contributed by atoms with Gasteiger partial charge in [0.25, 0.3) is 5.91 Å². The van der Waals surface area contributed by atoms with Crippen molar-refractivity contribution < 1.29 is 14.2 Å². The van der Waals surface area contributed by atoms with Gasteiger partial charge in [-0.2, -0.15) is 0 Å². The maximum Gasteiger partial charge on any atom is 0.256 e. The van der Waals surface area contributed by atoms with E-state index in [1.165, 1.54) is 0 Å². The number of anilines is 1. The second kappa shape index (κ2) is 7.17. The van der Waals surface area contributed by atoms with Crippen molar-refractivity contribution in [3.05, 3.63) is 59.7 Å². The highest BCUT2D eigenvalue weighted by atomic mass is 16.6. The molecule has 25 heavy (non-hydrogen) atoms. The number of aromatic nitrogens is 2. The van der Waals surface area contributed by atoms with Crippen molar-refractivity contribution >= 4 is 11.7 Å². The SMILES string of the molecule is Cc1cccc(C(=O)Nc2nonc2-c2ccc(OC(C)C)cc2)c1. The van der Waals surface area contributed by atoms with Gasteiger partial charge in [0.05, 0.1) is 6.10 Å². The van der Waals surface area contributed by atoms with Gasteiger partial charge in [-0.1, -0.05) is 17.7 Å². The van der Waals surface area contributed by atoms with Gasteiger partial charge in [0, 0.05) is 11.1 Å². The second-order valence-corrected chi connectivity index (χ2v) is 5.98. The van der Waals surface area contributed by atoms with Crippen LogP contribution in [0.5, 0.6) is 5.75 Å². The van der Waals surface area contributed by atoms with Crippen molar-refractivity contribution in [2.24, 2.45) is 0 Å². The number of amides is 1. The smallest absolute Gasteiger partial charge is 0.256 e. The predicted octanol–water partition coefficient (Wildman–Crippen LogP) is 4.08. The van der Waals surface area contributed by atoms with E-state index in [2.05, 4.69) is 15.6 Å². The number of rotatable bonds is 5. The van der Waals surface area contributed by atoms with Gasteiger partial charge in [-0.05, 0) is 67.5 Å². The zero-order chi connectivity index (χ0) is 17.8. The van der Waals surface area contributed by atoms with Crippen molar-refractivity contribution in [3.63, 3.8) is 0 Å². The molecule has 0 spiro atoms. The lowest BCUT2D eigenvalue weighted by Crippen LogP contribution is -2.13. The Balaban J connectivity index is 1.79. The normalized spacial score (nSPS) is 10.7. The minimum Gasteiger partial charge on any atom is -0.491 e. The minimum absolute atomic E-state index is 0.101. The Morgan fingerprint density at radius 2 is 1.88 bits per heavy atom. The van der Waals surface area contributed by atoms with Crippen LogP contribution in [0.1, 0.15) is 29.8 Å². The van der Waals surface area contributed by atoms with Crippen LogP contribution in [0, 0.1) is 6.92 Å². The van der Waals surface area contributed by atoms with Crippen LogP contribution >= 0.6 is 0 Å². The minimum atomic E-state index is -0.264. The molecule has 0 saturated heterocycles. The van der Waals surface area contributed by atoms with E-state index in [1.807, 2.05) is 57.2 Å². The molecule has 0 atom stereocenters. The summed E-state index contributed by atoms with van der Waals surface area (Å²) in [6, 6.07) is 14.7. The molecular formula is C19H19N3O3. The maximum absolute atomic E-state index is 12.4. The van der Waals surface area contributed by atoms with Crippen molar-refractivity contribution in [1.29, 1.82) is 0 Å². The van der Waals surface area contributed by atoms with Crippen molar-refractivity contribution in [2.45, 2.75) is 26.9 Å². The first-order chi connectivity index (χ1) is 12.0. The molecule has 1 amide bonds. The molecule has 3 aromatic rings. The van der Waals surface area contributed by atoms with Gasteiger partial charge in [-0.3, -0.25) is 4.79 Å². The van der Waals surface area contributed by atoms with E-state index in [4.69, 9.17) is 9.37 Å². The molecule has 0 aliphatic rings. The fourth-order valence-corrected chi connectivity index (χ4v) is 2.39. The molecule has 0 unspecified atom stereocenters. The molecule has 0 aliphatic heterocycles. The largest absolute Gasteiger partial charge is 0.491 e. The Hall–Kier alpha value is -3.15. The van der Waals surface area contributed by atoms with Crippen LogP contribution in [0.3, 0.4) is 0 Å². The third-order valence-corrected chi connectivity index (χ3v) is 3.50. The van der Waals surface area contributed by atoms with E-state index in [1.54, 1.807) is 12.1 Å². The fourth-order valence-electron chi connectivity index (χ4n) is 2.39. The first-order valence-electron chi connectivity index (χ1n) is 8.00. The number of ether oxygens (including phenoxy) is 1. The van der Waals surface area contributed by atoms with E-state index in [-0.39, 0.29) is 17.8 Å². The van der Waals surface area contributed by atoms with E-state index < -0.39 is 0 Å². The number of aryl methyl sites for hydroxylation is 1. The Morgan fingerprint density at radius 1 is 1.12 bits per heavy atom. The van der Waals surface area contributed by atoms with Crippen LogP contribution in [-0.2, 0) is 0 Å². The first-order valence-corrected chi connectivity index (χ1v) is 8.00. The van der Waals surface area contributed by atoms with Gasteiger partial charge in [0.1, 0.15) is 5.75 Å². The molecule has 0 radical (unpaired) electrons. The molecule has 1 N–H and O–H groups in total. The lowest BCUT2D eigenvalue weighted by Gasteiger charge is -2.09. The molecule has 0 fully saturated rings. The van der Waals surface area contributed by atoms with Gasteiger partial charge in [-0.25, -0.2) is 4.63 Å². The number of nitrogens with zero attached hydrogens (tertiary/aromatic N) is 2. The fraction of sp³-hybridized carbons (Fsp3) is 0.211. The maximum atomic E-state index is 12.4. The second-order valence-electron chi connectivity index (χ2n) is 5.98. The zero-order valence-electron chi connectivity index (χ0n) is 14.3. The zero-order valence-corrected chi connectivity index (χ0v) is 14.3. The number of hydrogen-bond donors (Lipinski definition) is 1. The van der Waals surface area contributed by atoms with Crippen LogP contribution < -0.4 is 10.1 Å². The average molecular weight is 337 g/mol. The highest BCUT2D eigenvalue weighted by molar-refractivity contribution is 6.05. The lowest BCUT2D eigenvalue weighted by molar-refractivity contribution is 0.102. The summed E-state index contributed by atoms with van der Waals surface area (Å²) in [7, 11) is 0. The van der Waals surface area contributed by atoms with Gasteiger partial charge in [0.2, 0.25) is 5.82 Å². The Kier molecular flexibility index (Phi) is 4.79. The number of hydrogen-bond acceptors (Lipinski definition) is 5. The molecule has 0 saturated carbocycles. The molecule has 1 aromatic heterocycles. The monoisotopic (exact) mass is 337 g/mol. The third kappa shape index (κ3) is 4.03.